The largest absolute Gasteiger partial charge is 0.460 e. The SMILES string of the molecule is Nc1c(Br)cc(SC(F)(F)C(F)(F)C(F)(F)F)cc1Br. The molecule has 0 heterocycles. The second-order valence-electron chi connectivity index (χ2n) is 3.49. The van der Waals surface area contributed by atoms with Gasteiger partial charge in [0.25, 0.3) is 0 Å². The molecule has 0 fully saturated rings. The van der Waals surface area contributed by atoms with Crippen molar-refractivity contribution in [2.24, 2.45) is 0 Å². The molecule has 0 aromatic heterocycles. The van der Waals surface area contributed by atoms with Crippen LogP contribution in [0, 0.1) is 0 Å². The standard InChI is InChI=1S/C9H4Br2F7NS/c10-4-1-3(2-5(11)6(4)19)20-9(17,18)7(12,13)8(14,15)16/h1-2H,19H2. The van der Waals surface area contributed by atoms with Crippen LogP contribution in [0.1, 0.15) is 0 Å². The molecule has 0 aliphatic heterocycles. The van der Waals surface area contributed by atoms with Crippen LogP contribution in [0.15, 0.2) is 26.0 Å². The van der Waals surface area contributed by atoms with Crippen LogP contribution >= 0.6 is 43.6 Å². The van der Waals surface area contributed by atoms with Gasteiger partial charge in [-0.15, -0.1) is 0 Å². The van der Waals surface area contributed by atoms with E-state index >= 15 is 0 Å². The minimum atomic E-state index is -6.36. The Labute approximate surface area is 129 Å². The highest BCUT2D eigenvalue weighted by Crippen LogP contribution is 2.54. The first-order chi connectivity index (χ1) is 8.79. The number of nitrogen functional groups attached to an aromatic ring is 1. The van der Waals surface area contributed by atoms with Crippen LogP contribution < -0.4 is 5.73 Å². The van der Waals surface area contributed by atoms with Gasteiger partial charge in [0.1, 0.15) is 0 Å². The lowest BCUT2D eigenvalue weighted by Crippen LogP contribution is -2.49. The zero-order chi connectivity index (χ0) is 15.9. The fourth-order valence-corrected chi connectivity index (χ4v) is 3.38. The van der Waals surface area contributed by atoms with Crippen molar-refractivity contribution in [2.75, 3.05) is 5.73 Å². The second-order valence-corrected chi connectivity index (χ2v) is 6.39. The third-order valence-corrected chi connectivity index (χ3v) is 4.32. The van der Waals surface area contributed by atoms with Crippen LogP contribution in [0.3, 0.4) is 0 Å². The minimum Gasteiger partial charge on any atom is -0.397 e. The van der Waals surface area contributed by atoms with Gasteiger partial charge < -0.3 is 5.73 Å². The van der Waals surface area contributed by atoms with Gasteiger partial charge in [-0.2, -0.15) is 30.7 Å². The van der Waals surface area contributed by atoms with E-state index in [1.165, 1.54) is 0 Å². The molecule has 114 valence electrons. The van der Waals surface area contributed by atoms with E-state index in [4.69, 9.17) is 5.73 Å². The van der Waals surface area contributed by atoms with Crippen LogP contribution in [0.2, 0.25) is 0 Å². The fourth-order valence-electron chi connectivity index (χ4n) is 0.997. The molecule has 0 atom stereocenters. The van der Waals surface area contributed by atoms with Crippen molar-refractivity contribution in [2.45, 2.75) is 22.2 Å². The van der Waals surface area contributed by atoms with E-state index in [2.05, 4.69) is 31.9 Å². The number of thioether (sulfide) groups is 1. The second kappa shape index (κ2) is 5.56. The summed E-state index contributed by atoms with van der Waals surface area (Å²) in [6.07, 6.45) is -6.36. The van der Waals surface area contributed by atoms with E-state index in [0.717, 1.165) is 12.1 Å². The third-order valence-electron chi connectivity index (χ3n) is 2.02. The van der Waals surface area contributed by atoms with Crippen molar-refractivity contribution in [1.82, 2.24) is 0 Å². The van der Waals surface area contributed by atoms with E-state index < -0.39 is 34.0 Å². The number of nitrogens with two attached hydrogens (primary N) is 1. The Hall–Kier alpha value is -0.160. The Bertz CT molecular complexity index is 495. The molecule has 1 rings (SSSR count). The van der Waals surface area contributed by atoms with Gasteiger partial charge >= 0.3 is 17.4 Å². The van der Waals surface area contributed by atoms with Crippen LogP contribution in [-0.2, 0) is 0 Å². The normalized spacial score (nSPS) is 13.7. The average molecular weight is 451 g/mol. The van der Waals surface area contributed by atoms with Gasteiger partial charge in [-0.3, -0.25) is 0 Å². The summed E-state index contributed by atoms with van der Waals surface area (Å²) in [6.45, 7) is 0. The lowest BCUT2D eigenvalue weighted by atomic mass is 10.3. The molecule has 0 radical (unpaired) electrons. The number of alkyl halides is 7. The van der Waals surface area contributed by atoms with Crippen molar-refractivity contribution in [3.8, 4) is 0 Å². The van der Waals surface area contributed by atoms with Crippen molar-refractivity contribution in [1.29, 1.82) is 0 Å². The molecular formula is C9H4Br2F7NS. The van der Waals surface area contributed by atoms with Gasteiger partial charge in [-0.05, 0) is 55.8 Å². The first kappa shape index (κ1) is 17.9. The molecule has 20 heavy (non-hydrogen) atoms. The van der Waals surface area contributed by atoms with Crippen molar-refractivity contribution in [3.63, 3.8) is 0 Å². The summed E-state index contributed by atoms with van der Waals surface area (Å²) >= 11 is 4.84. The molecule has 0 spiro atoms. The monoisotopic (exact) mass is 449 g/mol. The van der Waals surface area contributed by atoms with Gasteiger partial charge in [-0.25, -0.2) is 0 Å². The number of anilines is 1. The minimum absolute atomic E-state index is 0.0838. The maximum absolute atomic E-state index is 13.2. The lowest BCUT2D eigenvalue weighted by Gasteiger charge is -2.27. The van der Waals surface area contributed by atoms with Crippen molar-refractivity contribution < 1.29 is 30.7 Å². The molecular weight excluding hydrogens is 447 g/mol. The summed E-state index contributed by atoms with van der Waals surface area (Å²) in [5.41, 5.74) is 5.55. The molecule has 0 amide bonds. The summed E-state index contributed by atoms with van der Waals surface area (Å²) in [4.78, 5) is -0.508. The molecule has 1 aromatic carbocycles. The third kappa shape index (κ3) is 3.35. The maximum Gasteiger partial charge on any atom is 0.460 e. The molecule has 0 saturated carbocycles. The molecule has 0 aliphatic carbocycles. The number of halogens is 9. The fraction of sp³-hybridized carbons (Fsp3) is 0.333. The van der Waals surface area contributed by atoms with Gasteiger partial charge in [0, 0.05) is 13.8 Å². The lowest BCUT2D eigenvalue weighted by molar-refractivity contribution is -0.330. The molecule has 0 aliphatic rings. The van der Waals surface area contributed by atoms with Crippen LogP contribution in [0.4, 0.5) is 36.4 Å². The summed E-state index contributed by atoms with van der Waals surface area (Å²) in [5.74, 6) is -6.16. The highest BCUT2D eigenvalue weighted by Gasteiger charge is 2.73. The van der Waals surface area contributed by atoms with E-state index in [0.29, 0.717) is 0 Å². The number of benzene rings is 1. The number of hydrogen-bond donors (Lipinski definition) is 1. The summed E-state index contributed by atoms with van der Waals surface area (Å²) in [6, 6.07) is 1.84. The van der Waals surface area contributed by atoms with Crippen LogP contribution in [-0.4, -0.2) is 17.4 Å². The Morgan fingerprint density at radius 3 is 1.65 bits per heavy atom. The number of hydrogen-bond acceptors (Lipinski definition) is 2. The quantitative estimate of drug-likeness (QED) is 0.364. The summed E-state index contributed by atoms with van der Waals surface area (Å²) < 4.78 is 87.9. The predicted octanol–water partition coefficient (Wildman–Crippen LogP) is 5.68. The Balaban J connectivity index is 3.15. The van der Waals surface area contributed by atoms with Crippen molar-refractivity contribution >= 4 is 49.3 Å². The Morgan fingerprint density at radius 1 is 0.900 bits per heavy atom. The zero-order valence-corrected chi connectivity index (χ0v) is 13.0. The summed E-state index contributed by atoms with van der Waals surface area (Å²) in [5, 5.41) is -5.36. The van der Waals surface area contributed by atoms with Gasteiger partial charge in [0.2, 0.25) is 0 Å². The van der Waals surface area contributed by atoms with E-state index in [-0.39, 0.29) is 14.6 Å². The molecule has 0 saturated heterocycles. The maximum atomic E-state index is 13.2. The smallest absolute Gasteiger partial charge is 0.397 e. The Morgan fingerprint density at radius 2 is 1.30 bits per heavy atom. The molecule has 0 bridgehead atoms. The first-order valence-corrected chi connectivity index (χ1v) is 6.95. The predicted molar refractivity (Wildman–Crippen MR) is 68.1 cm³/mol. The topological polar surface area (TPSA) is 26.0 Å². The molecule has 2 N–H and O–H groups in total. The van der Waals surface area contributed by atoms with Crippen LogP contribution in [0.5, 0.6) is 0 Å². The van der Waals surface area contributed by atoms with E-state index in [1.807, 2.05) is 0 Å². The van der Waals surface area contributed by atoms with Crippen molar-refractivity contribution in [3.05, 3.63) is 21.1 Å². The Kier molecular flexibility index (Phi) is 4.97. The highest BCUT2D eigenvalue weighted by atomic mass is 79.9. The molecule has 1 aromatic rings. The summed E-state index contributed by atoms with van der Waals surface area (Å²) in [7, 11) is 0. The average Bonchev–Trinajstić information content (AvgIpc) is 2.23. The first-order valence-electron chi connectivity index (χ1n) is 4.55. The van der Waals surface area contributed by atoms with Crippen LogP contribution in [0.25, 0.3) is 0 Å². The van der Waals surface area contributed by atoms with Gasteiger partial charge in [0.05, 0.1) is 5.69 Å². The molecule has 0 unspecified atom stereocenters. The highest BCUT2D eigenvalue weighted by molar-refractivity contribution is 9.11. The van der Waals surface area contributed by atoms with E-state index in [9.17, 15) is 30.7 Å². The van der Waals surface area contributed by atoms with E-state index in [1.54, 1.807) is 0 Å². The zero-order valence-electron chi connectivity index (χ0n) is 9.04. The molecule has 1 nitrogen and oxygen atoms in total. The number of rotatable bonds is 3. The van der Waals surface area contributed by atoms with Gasteiger partial charge in [-0.1, -0.05) is 0 Å². The molecule has 11 heteroatoms. The van der Waals surface area contributed by atoms with Gasteiger partial charge in [0.15, 0.2) is 0 Å².